The van der Waals surface area contributed by atoms with E-state index in [0.717, 1.165) is 0 Å². The summed E-state index contributed by atoms with van der Waals surface area (Å²) in [6.07, 6.45) is 7.93. The molecule has 0 spiro atoms. The van der Waals surface area contributed by atoms with Crippen molar-refractivity contribution in [2.45, 2.75) is 41.0 Å². The second kappa shape index (κ2) is 6.05. The lowest BCUT2D eigenvalue weighted by molar-refractivity contribution is 0.474. The van der Waals surface area contributed by atoms with E-state index in [9.17, 15) is 0 Å². The summed E-state index contributed by atoms with van der Waals surface area (Å²) < 4.78 is 0. The molecule has 0 aliphatic carbocycles. The molecule has 0 rings (SSSR count). The molecule has 0 aromatic carbocycles. The molecule has 0 aliphatic rings. The highest BCUT2D eigenvalue weighted by Crippen LogP contribution is 2.23. The Labute approximate surface area is 77.4 Å². The van der Waals surface area contributed by atoms with E-state index in [1.165, 1.54) is 12.0 Å². The van der Waals surface area contributed by atoms with Gasteiger partial charge in [-0.05, 0) is 39.0 Å². The second-order valence-electron chi connectivity index (χ2n) is 3.42. The zero-order valence-corrected chi connectivity index (χ0v) is 9.09. The highest BCUT2D eigenvalue weighted by Gasteiger charge is 2.12. The summed E-state index contributed by atoms with van der Waals surface area (Å²) >= 11 is 0. The van der Waals surface area contributed by atoms with E-state index >= 15 is 0 Å². The number of allylic oxidation sites excluding steroid dienone is 4. The Morgan fingerprint density at radius 3 is 2.25 bits per heavy atom. The van der Waals surface area contributed by atoms with Gasteiger partial charge in [-0.15, -0.1) is 0 Å². The van der Waals surface area contributed by atoms with E-state index in [0.29, 0.717) is 11.8 Å². The van der Waals surface area contributed by atoms with Crippen LogP contribution in [0.3, 0.4) is 0 Å². The van der Waals surface area contributed by atoms with Crippen LogP contribution in [0.1, 0.15) is 41.0 Å². The van der Waals surface area contributed by atoms with E-state index in [4.69, 9.17) is 0 Å². The first kappa shape index (κ1) is 11.5. The van der Waals surface area contributed by atoms with Crippen molar-refractivity contribution < 1.29 is 0 Å². The molecule has 0 heteroatoms. The van der Waals surface area contributed by atoms with E-state index < -0.39 is 0 Å². The molecule has 0 bridgehead atoms. The summed E-state index contributed by atoms with van der Waals surface area (Å²) in [6.45, 7) is 11.0. The van der Waals surface area contributed by atoms with Gasteiger partial charge in [0.2, 0.25) is 0 Å². The van der Waals surface area contributed by atoms with Crippen molar-refractivity contribution in [3.05, 3.63) is 23.8 Å². The average Bonchev–Trinajstić information content (AvgIpc) is 2.11. The Bertz CT molecular complexity index is 163. The van der Waals surface area contributed by atoms with Crippen molar-refractivity contribution in [1.82, 2.24) is 0 Å². The normalized spacial score (nSPS) is 18.2. The Morgan fingerprint density at radius 1 is 1.33 bits per heavy atom. The van der Waals surface area contributed by atoms with Crippen LogP contribution < -0.4 is 0 Å². The minimum atomic E-state index is 0.691. The zero-order valence-electron chi connectivity index (χ0n) is 9.09. The predicted octanol–water partition coefficient (Wildman–Crippen LogP) is 4.19. The molecule has 2 unspecified atom stereocenters. The Hall–Kier alpha value is -0.520. The lowest BCUT2D eigenvalue weighted by Gasteiger charge is -2.19. The van der Waals surface area contributed by atoms with Crippen molar-refractivity contribution in [3.63, 3.8) is 0 Å². The van der Waals surface area contributed by atoms with E-state index in [1.54, 1.807) is 0 Å². The molecule has 0 saturated carbocycles. The largest absolute Gasteiger partial charge is 0.0914 e. The molecule has 2 atom stereocenters. The quantitative estimate of drug-likeness (QED) is 0.549. The third-order valence-corrected chi connectivity index (χ3v) is 2.73. The Kier molecular flexibility index (Phi) is 5.79. The predicted molar refractivity (Wildman–Crippen MR) is 57.2 cm³/mol. The Balaban J connectivity index is 4.30. The number of hydrogen-bond acceptors (Lipinski definition) is 0. The molecule has 0 aromatic rings. The molecular weight excluding hydrogens is 144 g/mol. The van der Waals surface area contributed by atoms with Crippen molar-refractivity contribution in [1.29, 1.82) is 0 Å². The molecule has 0 aliphatic heterocycles. The maximum atomic E-state index is 2.32. The standard InChI is InChI=1S/C12H22/c1-6-9-12(8-3)11(5)10(4)7-2/h6-7,9,11-12H,8H2,1-5H3. The molecule has 70 valence electrons. The molecule has 0 aromatic heterocycles. The van der Waals surface area contributed by atoms with Crippen LogP contribution in [0.4, 0.5) is 0 Å². The molecule has 12 heavy (non-hydrogen) atoms. The van der Waals surface area contributed by atoms with Crippen molar-refractivity contribution >= 4 is 0 Å². The monoisotopic (exact) mass is 166 g/mol. The third-order valence-electron chi connectivity index (χ3n) is 2.73. The van der Waals surface area contributed by atoms with Crippen LogP contribution in [0, 0.1) is 11.8 Å². The molecule has 0 nitrogen and oxygen atoms in total. The van der Waals surface area contributed by atoms with Gasteiger partial charge in [-0.1, -0.05) is 37.6 Å². The fourth-order valence-electron chi connectivity index (χ4n) is 1.50. The molecule has 0 radical (unpaired) electrons. The van der Waals surface area contributed by atoms with Crippen molar-refractivity contribution in [3.8, 4) is 0 Å². The summed E-state index contributed by atoms with van der Waals surface area (Å²) in [4.78, 5) is 0. The van der Waals surface area contributed by atoms with Gasteiger partial charge in [0, 0.05) is 0 Å². The third kappa shape index (κ3) is 3.25. The van der Waals surface area contributed by atoms with E-state index in [-0.39, 0.29) is 0 Å². The number of hydrogen-bond donors (Lipinski definition) is 0. The SMILES string of the molecule is CC=CC(CC)C(C)C(C)=CC. The number of rotatable bonds is 4. The molecule has 0 N–H and O–H groups in total. The van der Waals surface area contributed by atoms with Gasteiger partial charge in [-0.3, -0.25) is 0 Å². The summed E-state index contributed by atoms with van der Waals surface area (Å²) in [5, 5.41) is 0. The summed E-state index contributed by atoms with van der Waals surface area (Å²) in [7, 11) is 0. The molecular formula is C12H22. The maximum absolute atomic E-state index is 2.32. The van der Waals surface area contributed by atoms with Crippen molar-refractivity contribution in [2.24, 2.45) is 11.8 Å². The minimum Gasteiger partial charge on any atom is -0.0914 e. The van der Waals surface area contributed by atoms with Gasteiger partial charge < -0.3 is 0 Å². The van der Waals surface area contributed by atoms with Gasteiger partial charge in [-0.25, -0.2) is 0 Å². The molecule has 0 heterocycles. The van der Waals surface area contributed by atoms with Crippen LogP contribution in [0.2, 0.25) is 0 Å². The van der Waals surface area contributed by atoms with E-state index in [2.05, 4.69) is 52.8 Å². The fourth-order valence-corrected chi connectivity index (χ4v) is 1.50. The van der Waals surface area contributed by atoms with Gasteiger partial charge in [0.05, 0.1) is 0 Å². The summed E-state index contributed by atoms with van der Waals surface area (Å²) in [5.74, 6) is 1.40. The lowest BCUT2D eigenvalue weighted by Crippen LogP contribution is -2.09. The summed E-state index contributed by atoms with van der Waals surface area (Å²) in [6, 6.07) is 0. The van der Waals surface area contributed by atoms with Crippen LogP contribution in [-0.4, -0.2) is 0 Å². The Morgan fingerprint density at radius 2 is 1.92 bits per heavy atom. The van der Waals surface area contributed by atoms with Gasteiger partial charge >= 0.3 is 0 Å². The van der Waals surface area contributed by atoms with Gasteiger partial charge in [0.25, 0.3) is 0 Å². The molecule has 0 fully saturated rings. The van der Waals surface area contributed by atoms with Crippen LogP contribution >= 0.6 is 0 Å². The highest BCUT2D eigenvalue weighted by atomic mass is 14.2. The van der Waals surface area contributed by atoms with Crippen molar-refractivity contribution in [2.75, 3.05) is 0 Å². The van der Waals surface area contributed by atoms with E-state index in [1.807, 2.05) is 0 Å². The van der Waals surface area contributed by atoms with Crippen LogP contribution in [0.25, 0.3) is 0 Å². The van der Waals surface area contributed by atoms with Gasteiger partial charge in [0.1, 0.15) is 0 Å². The lowest BCUT2D eigenvalue weighted by atomic mass is 9.86. The summed E-state index contributed by atoms with van der Waals surface area (Å²) in [5.41, 5.74) is 1.50. The van der Waals surface area contributed by atoms with Crippen LogP contribution in [0.15, 0.2) is 23.8 Å². The second-order valence-corrected chi connectivity index (χ2v) is 3.42. The first-order valence-electron chi connectivity index (χ1n) is 4.92. The minimum absolute atomic E-state index is 0.691. The van der Waals surface area contributed by atoms with Crippen LogP contribution in [-0.2, 0) is 0 Å². The maximum Gasteiger partial charge on any atom is -0.0172 e. The van der Waals surface area contributed by atoms with Gasteiger partial charge in [-0.2, -0.15) is 0 Å². The van der Waals surface area contributed by atoms with Crippen LogP contribution in [0.5, 0.6) is 0 Å². The smallest absolute Gasteiger partial charge is 0.0172 e. The fraction of sp³-hybridized carbons (Fsp3) is 0.667. The molecule has 0 saturated heterocycles. The zero-order chi connectivity index (χ0) is 9.56. The first-order valence-corrected chi connectivity index (χ1v) is 4.92. The average molecular weight is 166 g/mol. The first-order chi connectivity index (χ1) is 5.67. The van der Waals surface area contributed by atoms with Gasteiger partial charge in [0.15, 0.2) is 0 Å². The topological polar surface area (TPSA) is 0 Å². The molecule has 0 amide bonds. The highest BCUT2D eigenvalue weighted by molar-refractivity contribution is 5.05.